The Hall–Kier alpha value is -2.21. The predicted octanol–water partition coefficient (Wildman–Crippen LogP) is 0.681. The first-order valence-corrected chi connectivity index (χ1v) is 9.04. The molecule has 2 heterocycles. The van der Waals surface area contributed by atoms with E-state index in [0.717, 1.165) is 42.2 Å². The summed E-state index contributed by atoms with van der Waals surface area (Å²) in [6.07, 6.45) is 3.22. The summed E-state index contributed by atoms with van der Waals surface area (Å²) in [4.78, 5) is 39.8. The lowest BCUT2D eigenvalue weighted by Crippen LogP contribution is -3.14. The number of benzene rings is 1. The first kappa shape index (κ1) is 17.6. The van der Waals surface area contributed by atoms with E-state index < -0.39 is 17.8 Å². The second-order valence-corrected chi connectivity index (χ2v) is 7.33. The summed E-state index contributed by atoms with van der Waals surface area (Å²) >= 11 is 0. The third kappa shape index (κ3) is 3.74. The first-order valence-electron chi connectivity index (χ1n) is 9.04. The maximum Gasteiger partial charge on any atom is 0.338 e. The van der Waals surface area contributed by atoms with E-state index in [9.17, 15) is 14.4 Å². The van der Waals surface area contributed by atoms with Crippen molar-refractivity contribution in [3.63, 3.8) is 0 Å². The highest BCUT2D eigenvalue weighted by molar-refractivity contribution is 6.44. The van der Waals surface area contributed by atoms with Crippen molar-refractivity contribution in [2.45, 2.75) is 39.2 Å². The lowest BCUT2D eigenvalue weighted by atomic mass is 9.90. The van der Waals surface area contributed by atoms with Crippen molar-refractivity contribution in [3.8, 4) is 0 Å². The lowest BCUT2D eigenvalue weighted by Gasteiger charge is -2.31. The molecule has 3 rings (SSSR count). The van der Waals surface area contributed by atoms with Crippen molar-refractivity contribution in [2.75, 3.05) is 19.8 Å². The monoisotopic (exact) mass is 344 g/mol. The van der Waals surface area contributed by atoms with Crippen molar-refractivity contribution in [1.29, 1.82) is 0 Å². The molecule has 0 atom stereocenters. The molecule has 2 saturated heterocycles. The van der Waals surface area contributed by atoms with Crippen molar-refractivity contribution in [3.05, 3.63) is 35.9 Å². The number of carbonyl (C=O) groups excluding carboxylic acids is 3. The Labute approximate surface area is 148 Å². The Morgan fingerprint density at radius 2 is 1.68 bits per heavy atom. The minimum Gasteiger partial charge on any atom is -0.317 e. The van der Waals surface area contributed by atoms with Crippen LogP contribution in [0.3, 0.4) is 0 Å². The molecule has 0 bridgehead atoms. The molecule has 6 heteroatoms. The zero-order valence-electron chi connectivity index (χ0n) is 14.9. The highest BCUT2D eigenvalue weighted by atomic mass is 16.2. The summed E-state index contributed by atoms with van der Waals surface area (Å²) in [5, 5.41) is 0. The highest BCUT2D eigenvalue weighted by Crippen LogP contribution is 2.17. The van der Waals surface area contributed by atoms with Crippen LogP contribution in [0.15, 0.2) is 30.3 Å². The van der Waals surface area contributed by atoms with Gasteiger partial charge in [-0.15, -0.1) is 0 Å². The van der Waals surface area contributed by atoms with Crippen molar-refractivity contribution in [1.82, 2.24) is 9.80 Å². The van der Waals surface area contributed by atoms with Crippen LogP contribution in [-0.4, -0.2) is 53.4 Å². The molecule has 0 unspecified atom stereocenters. The van der Waals surface area contributed by atoms with Crippen LogP contribution in [0, 0.1) is 5.92 Å². The molecule has 2 aliphatic rings. The number of amides is 4. The number of hydrogen-bond acceptors (Lipinski definition) is 3. The van der Waals surface area contributed by atoms with Gasteiger partial charge in [0.15, 0.2) is 6.67 Å². The first-order chi connectivity index (χ1) is 12.0. The number of piperidine rings is 1. The van der Waals surface area contributed by atoms with E-state index in [-0.39, 0.29) is 6.04 Å². The number of likely N-dealkylation sites (tertiary alicyclic amines) is 1. The quantitative estimate of drug-likeness (QED) is 0.631. The molecular formula is C19H26N3O3+. The zero-order valence-corrected chi connectivity index (χ0v) is 14.9. The van der Waals surface area contributed by atoms with Gasteiger partial charge in [0.2, 0.25) is 0 Å². The van der Waals surface area contributed by atoms with Crippen LogP contribution in [0.2, 0.25) is 0 Å². The minimum absolute atomic E-state index is 0.291. The summed E-state index contributed by atoms with van der Waals surface area (Å²) < 4.78 is 0. The van der Waals surface area contributed by atoms with Gasteiger partial charge in [-0.2, -0.15) is 0 Å². The Bertz CT molecular complexity index is 651. The van der Waals surface area contributed by atoms with E-state index in [2.05, 4.69) is 24.3 Å². The van der Waals surface area contributed by atoms with E-state index in [0.29, 0.717) is 12.6 Å². The number of carbonyl (C=O) groups is 3. The van der Waals surface area contributed by atoms with E-state index in [1.165, 1.54) is 10.5 Å². The maximum absolute atomic E-state index is 12.3. The van der Waals surface area contributed by atoms with Crippen LogP contribution < -0.4 is 4.90 Å². The largest absolute Gasteiger partial charge is 0.338 e. The van der Waals surface area contributed by atoms with Crippen LogP contribution in [-0.2, 0) is 16.0 Å². The molecule has 4 amide bonds. The maximum atomic E-state index is 12.3. The van der Waals surface area contributed by atoms with Crippen LogP contribution >= 0.6 is 0 Å². The molecule has 6 nitrogen and oxygen atoms in total. The standard InChI is InChI=1S/C19H25N3O3/c1-14(2)22-18(24)17(23)21(19(22)25)13-20-10-8-16(9-11-20)12-15-6-4-3-5-7-15/h3-7,14,16H,8-13H2,1-2H3/p+1. The molecule has 2 fully saturated rings. The molecule has 0 aromatic heterocycles. The molecule has 0 aliphatic carbocycles. The number of quaternary nitrogens is 1. The van der Waals surface area contributed by atoms with Gasteiger partial charge in [0, 0.05) is 6.04 Å². The molecule has 2 aliphatic heterocycles. The molecular weight excluding hydrogens is 318 g/mol. The van der Waals surface area contributed by atoms with Gasteiger partial charge in [-0.1, -0.05) is 30.3 Å². The fourth-order valence-corrected chi connectivity index (χ4v) is 3.74. The second kappa shape index (κ2) is 7.35. The predicted molar refractivity (Wildman–Crippen MR) is 92.7 cm³/mol. The molecule has 0 radical (unpaired) electrons. The van der Waals surface area contributed by atoms with Crippen LogP contribution in [0.25, 0.3) is 0 Å². The average Bonchev–Trinajstić information content (AvgIpc) is 2.81. The minimum atomic E-state index is -0.696. The van der Waals surface area contributed by atoms with Crippen LogP contribution in [0.1, 0.15) is 32.3 Å². The fraction of sp³-hybridized carbons (Fsp3) is 0.526. The van der Waals surface area contributed by atoms with Gasteiger partial charge in [0.25, 0.3) is 0 Å². The van der Waals surface area contributed by atoms with Gasteiger partial charge in [0.05, 0.1) is 13.1 Å². The van der Waals surface area contributed by atoms with Crippen molar-refractivity contribution < 1.29 is 19.3 Å². The molecule has 1 N–H and O–H groups in total. The Morgan fingerprint density at radius 3 is 2.24 bits per heavy atom. The van der Waals surface area contributed by atoms with Gasteiger partial charge in [-0.05, 0) is 44.6 Å². The summed E-state index contributed by atoms with van der Waals surface area (Å²) in [5.41, 5.74) is 1.36. The fourth-order valence-electron chi connectivity index (χ4n) is 3.74. The van der Waals surface area contributed by atoms with Crippen molar-refractivity contribution in [2.24, 2.45) is 5.92 Å². The summed E-state index contributed by atoms with van der Waals surface area (Å²) in [6, 6.07) is 9.72. The lowest BCUT2D eigenvalue weighted by molar-refractivity contribution is -0.913. The molecule has 134 valence electrons. The smallest absolute Gasteiger partial charge is 0.317 e. The van der Waals surface area contributed by atoms with Gasteiger partial charge in [-0.3, -0.25) is 14.5 Å². The SMILES string of the molecule is CC(C)N1C(=O)C(=O)N(C[NH+]2CCC(Cc3ccccc3)CC2)C1=O. The third-order valence-corrected chi connectivity index (χ3v) is 5.16. The summed E-state index contributed by atoms with van der Waals surface area (Å²) in [6.45, 7) is 5.63. The summed E-state index contributed by atoms with van der Waals surface area (Å²) in [5.74, 6) is -0.735. The average molecular weight is 344 g/mol. The van der Waals surface area contributed by atoms with Gasteiger partial charge >= 0.3 is 17.8 Å². The van der Waals surface area contributed by atoms with E-state index in [1.54, 1.807) is 13.8 Å². The van der Waals surface area contributed by atoms with E-state index >= 15 is 0 Å². The highest BCUT2D eigenvalue weighted by Gasteiger charge is 2.47. The molecule has 1 aromatic rings. The molecule has 0 saturated carbocycles. The topological polar surface area (TPSA) is 62.1 Å². The number of urea groups is 1. The van der Waals surface area contributed by atoms with Gasteiger partial charge < -0.3 is 4.90 Å². The molecule has 25 heavy (non-hydrogen) atoms. The number of nitrogens with zero attached hydrogens (tertiary/aromatic N) is 2. The number of imide groups is 2. The zero-order chi connectivity index (χ0) is 18.0. The van der Waals surface area contributed by atoms with Gasteiger partial charge in [-0.25, -0.2) is 9.69 Å². The van der Waals surface area contributed by atoms with E-state index in [1.807, 2.05) is 6.07 Å². The van der Waals surface area contributed by atoms with E-state index in [4.69, 9.17) is 0 Å². The Balaban J connectivity index is 1.53. The molecule has 1 aromatic carbocycles. The number of rotatable bonds is 5. The number of nitrogens with one attached hydrogen (secondary N) is 1. The molecule has 0 spiro atoms. The van der Waals surface area contributed by atoms with Crippen LogP contribution in [0.5, 0.6) is 0 Å². The van der Waals surface area contributed by atoms with Crippen molar-refractivity contribution >= 4 is 17.8 Å². The Morgan fingerprint density at radius 1 is 1.04 bits per heavy atom. The summed E-state index contributed by atoms with van der Waals surface area (Å²) in [7, 11) is 0. The Kier molecular flexibility index (Phi) is 5.18. The third-order valence-electron chi connectivity index (χ3n) is 5.16. The van der Waals surface area contributed by atoms with Gasteiger partial charge in [0.1, 0.15) is 0 Å². The normalized spacial score (nSPS) is 24.5. The van der Waals surface area contributed by atoms with Crippen LogP contribution in [0.4, 0.5) is 4.79 Å². The number of hydrogen-bond donors (Lipinski definition) is 1. The second-order valence-electron chi connectivity index (χ2n) is 7.33.